The lowest BCUT2D eigenvalue weighted by molar-refractivity contribution is 0.0966. The number of rotatable bonds is 4. The van der Waals surface area contributed by atoms with E-state index in [0.717, 1.165) is 32.0 Å². The van der Waals surface area contributed by atoms with Gasteiger partial charge in [0.15, 0.2) is 0 Å². The Morgan fingerprint density at radius 1 is 1.05 bits per heavy atom. The molecule has 1 saturated heterocycles. The van der Waals surface area contributed by atoms with Gasteiger partial charge in [0, 0.05) is 31.7 Å². The zero-order valence-electron chi connectivity index (χ0n) is 12.9. The zero-order valence-corrected chi connectivity index (χ0v) is 12.9. The van der Waals surface area contributed by atoms with Crippen molar-refractivity contribution < 1.29 is 4.74 Å². The first-order valence-electron chi connectivity index (χ1n) is 7.82. The molecule has 1 heterocycles. The van der Waals surface area contributed by atoms with Gasteiger partial charge in [0.25, 0.3) is 0 Å². The molecule has 0 amide bonds. The minimum absolute atomic E-state index is 0.578. The predicted molar refractivity (Wildman–Crippen MR) is 87.9 cm³/mol. The summed E-state index contributed by atoms with van der Waals surface area (Å²) in [5, 5.41) is 5.95. The van der Waals surface area contributed by atoms with Crippen LogP contribution in [0.4, 0.5) is 0 Å². The van der Waals surface area contributed by atoms with Crippen molar-refractivity contribution in [3.05, 3.63) is 42.5 Å². The molecule has 0 spiro atoms. The normalized spacial score (nSPS) is 23.3. The summed E-state index contributed by atoms with van der Waals surface area (Å²) >= 11 is 0. The van der Waals surface area contributed by atoms with Crippen molar-refractivity contribution in [1.82, 2.24) is 10.2 Å². The van der Waals surface area contributed by atoms with Gasteiger partial charge in [0.2, 0.25) is 0 Å². The molecule has 1 fully saturated rings. The van der Waals surface area contributed by atoms with Crippen LogP contribution in [0.3, 0.4) is 0 Å². The van der Waals surface area contributed by atoms with Crippen LogP contribution >= 0.6 is 0 Å². The Hall–Kier alpha value is -1.58. The molecule has 2 unspecified atom stereocenters. The van der Waals surface area contributed by atoms with Crippen LogP contribution in [-0.2, 0) is 0 Å². The Bertz CT molecular complexity index is 589. The lowest BCUT2D eigenvalue weighted by Crippen LogP contribution is -2.55. The van der Waals surface area contributed by atoms with E-state index in [1.807, 2.05) is 0 Å². The van der Waals surface area contributed by atoms with Gasteiger partial charge in [-0.2, -0.15) is 0 Å². The molecule has 3 heteroatoms. The van der Waals surface area contributed by atoms with Crippen LogP contribution in [-0.4, -0.2) is 43.2 Å². The molecule has 21 heavy (non-hydrogen) atoms. The fraction of sp³-hybridized carbons (Fsp3) is 0.444. The fourth-order valence-corrected chi connectivity index (χ4v) is 3.14. The molecule has 2 aromatic rings. The van der Waals surface area contributed by atoms with E-state index in [1.165, 1.54) is 10.8 Å². The number of fused-ring (bicyclic) bond motifs is 1. The summed E-state index contributed by atoms with van der Waals surface area (Å²) in [6, 6.07) is 15.9. The molecule has 0 aromatic heterocycles. The van der Waals surface area contributed by atoms with E-state index < -0.39 is 0 Å². The van der Waals surface area contributed by atoms with Crippen LogP contribution in [0.2, 0.25) is 0 Å². The fourth-order valence-electron chi connectivity index (χ4n) is 3.14. The van der Waals surface area contributed by atoms with E-state index in [0.29, 0.717) is 12.1 Å². The Kier molecular flexibility index (Phi) is 4.42. The molecular formula is C18H24N2O. The predicted octanol–water partition coefficient (Wildman–Crippen LogP) is 2.90. The van der Waals surface area contributed by atoms with Gasteiger partial charge in [-0.25, -0.2) is 0 Å². The van der Waals surface area contributed by atoms with Crippen LogP contribution in [0, 0.1) is 0 Å². The van der Waals surface area contributed by atoms with Gasteiger partial charge >= 0.3 is 0 Å². The lowest BCUT2D eigenvalue weighted by atomic mass is 10.1. The minimum atomic E-state index is 0.578. The van der Waals surface area contributed by atoms with Crippen molar-refractivity contribution >= 4 is 10.8 Å². The van der Waals surface area contributed by atoms with Crippen molar-refractivity contribution in [1.29, 1.82) is 0 Å². The van der Waals surface area contributed by atoms with Crippen LogP contribution < -0.4 is 10.1 Å². The highest BCUT2D eigenvalue weighted by molar-refractivity contribution is 5.83. The monoisotopic (exact) mass is 284 g/mol. The van der Waals surface area contributed by atoms with Crippen molar-refractivity contribution in [3.8, 4) is 5.75 Å². The van der Waals surface area contributed by atoms with Crippen molar-refractivity contribution in [2.75, 3.05) is 26.2 Å². The van der Waals surface area contributed by atoms with E-state index in [2.05, 4.69) is 66.5 Å². The number of benzene rings is 2. The molecule has 3 rings (SSSR count). The van der Waals surface area contributed by atoms with E-state index in [9.17, 15) is 0 Å². The lowest BCUT2D eigenvalue weighted by Gasteiger charge is -2.39. The highest BCUT2D eigenvalue weighted by Crippen LogP contribution is 2.20. The van der Waals surface area contributed by atoms with E-state index in [4.69, 9.17) is 4.74 Å². The van der Waals surface area contributed by atoms with Gasteiger partial charge in [-0.3, -0.25) is 4.90 Å². The Labute approximate surface area is 126 Å². The molecule has 0 aliphatic carbocycles. The topological polar surface area (TPSA) is 24.5 Å². The second-order valence-electron chi connectivity index (χ2n) is 5.95. The minimum Gasteiger partial charge on any atom is -0.492 e. The molecule has 1 aliphatic rings. The van der Waals surface area contributed by atoms with Crippen molar-refractivity contribution in [2.24, 2.45) is 0 Å². The van der Waals surface area contributed by atoms with E-state index >= 15 is 0 Å². The third kappa shape index (κ3) is 3.36. The maximum absolute atomic E-state index is 5.95. The summed E-state index contributed by atoms with van der Waals surface area (Å²) in [6.07, 6.45) is 0. The molecule has 1 aliphatic heterocycles. The van der Waals surface area contributed by atoms with Crippen molar-refractivity contribution in [3.63, 3.8) is 0 Å². The van der Waals surface area contributed by atoms with Crippen molar-refractivity contribution in [2.45, 2.75) is 25.9 Å². The first-order valence-corrected chi connectivity index (χ1v) is 7.82. The largest absolute Gasteiger partial charge is 0.492 e. The summed E-state index contributed by atoms with van der Waals surface area (Å²) in [5.74, 6) is 0.962. The number of nitrogens with zero attached hydrogens (tertiary/aromatic N) is 1. The summed E-state index contributed by atoms with van der Waals surface area (Å²) in [6.45, 7) is 8.42. The number of ether oxygens (including phenoxy) is 1. The first kappa shape index (κ1) is 14.4. The Balaban J connectivity index is 1.58. The van der Waals surface area contributed by atoms with Crippen LogP contribution in [0.1, 0.15) is 13.8 Å². The van der Waals surface area contributed by atoms with Gasteiger partial charge in [0.1, 0.15) is 12.4 Å². The average molecular weight is 284 g/mol. The smallest absolute Gasteiger partial charge is 0.120 e. The highest BCUT2D eigenvalue weighted by atomic mass is 16.5. The van der Waals surface area contributed by atoms with Gasteiger partial charge in [-0.1, -0.05) is 30.3 Å². The molecular weight excluding hydrogens is 260 g/mol. The van der Waals surface area contributed by atoms with Crippen LogP contribution in [0.15, 0.2) is 42.5 Å². The zero-order chi connectivity index (χ0) is 14.7. The van der Waals surface area contributed by atoms with Crippen LogP contribution in [0.25, 0.3) is 10.8 Å². The number of hydrogen-bond acceptors (Lipinski definition) is 3. The third-order valence-corrected chi connectivity index (χ3v) is 4.35. The van der Waals surface area contributed by atoms with Gasteiger partial charge in [0.05, 0.1) is 0 Å². The summed E-state index contributed by atoms with van der Waals surface area (Å²) in [7, 11) is 0. The molecule has 3 nitrogen and oxygen atoms in total. The maximum atomic E-state index is 5.95. The summed E-state index contributed by atoms with van der Waals surface area (Å²) in [5.41, 5.74) is 0. The van der Waals surface area contributed by atoms with Gasteiger partial charge in [-0.15, -0.1) is 0 Å². The maximum Gasteiger partial charge on any atom is 0.120 e. The summed E-state index contributed by atoms with van der Waals surface area (Å²) < 4.78 is 5.95. The average Bonchev–Trinajstić information content (AvgIpc) is 2.50. The van der Waals surface area contributed by atoms with E-state index in [1.54, 1.807) is 0 Å². The second kappa shape index (κ2) is 6.46. The SMILES string of the molecule is CC1CNCC(C)N1CCOc1ccc2ccccc2c1. The Morgan fingerprint density at radius 2 is 1.76 bits per heavy atom. The van der Waals surface area contributed by atoms with Gasteiger partial charge < -0.3 is 10.1 Å². The molecule has 0 bridgehead atoms. The highest BCUT2D eigenvalue weighted by Gasteiger charge is 2.23. The summed E-state index contributed by atoms with van der Waals surface area (Å²) in [4.78, 5) is 2.53. The quantitative estimate of drug-likeness (QED) is 0.934. The standard InChI is InChI=1S/C18H24N2O/c1-14-12-19-13-15(2)20(14)9-10-21-18-8-7-16-5-3-4-6-17(16)11-18/h3-8,11,14-15,19H,9-10,12-13H2,1-2H3. The van der Waals surface area contributed by atoms with E-state index in [-0.39, 0.29) is 0 Å². The van der Waals surface area contributed by atoms with Gasteiger partial charge in [-0.05, 0) is 36.8 Å². The molecule has 2 atom stereocenters. The van der Waals surface area contributed by atoms with Crippen LogP contribution in [0.5, 0.6) is 5.75 Å². The molecule has 0 radical (unpaired) electrons. The first-order chi connectivity index (χ1) is 10.2. The molecule has 1 N–H and O–H groups in total. The molecule has 2 aromatic carbocycles. The third-order valence-electron chi connectivity index (χ3n) is 4.35. The number of nitrogens with one attached hydrogen (secondary N) is 1. The Morgan fingerprint density at radius 3 is 2.52 bits per heavy atom. The number of piperazine rings is 1. The molecule has 112 valence electrons. The molecule has 0 saturated carbocycles. The second-order valence-corrected chi connectivity index (χ2v) is 5.95. The number of hydrogen-bond donors (Lipinski definition) is 1.